The van der Waals surface area contributed by atoms with Crippen LogP contribution in [0.3, 0.4) is 0 Å². The maximum Gasteiger partial charge on any atom is 0.323 e. The Morgan fingerprint density at radius 3 is 2.49 bits per heavy atom. The number of rotatable bonds is 9. The molecule has 192 valence electrons. The Kier molecular flexibility index (Phi) is 7.42. The number of aryl methyl sites for hydroxylation is 2. The summed E-state index contributed by atoms with van der Waals surface area (Å²) in [5, 5.41) is 14.3. The van der Waals surface area contributed by atoms with Crippen LogP contribution in [0.15, 0.2) is 46.0 Å². The molecule has 0 saturated heterocycles. The summed E-state index contributed by atoms with van der Waals surface area (Å²) < 4.78 is 0. The molecule has 4 rings (SSSR count). The molecule has 37 heavy (non-hydrogen) atoms. The van der Waals surface area contributed by atoms with Crippen molar-refractivity contribution in [1.82, 2.24) is 20.3 Å². The van der Waals surface area contributed by atoms with Crippen LogP contribution in [-0.4, -0.2) is 33.1 Å². The van der Waals surface area contributed by atoms with Crippen LogP contribution in [0.4, 0.5) is 5.69 Å². The van der Waals surface area contributed by atoms with Gasteiger partial charge in [-0.2, -0.15) is 0 Å². The number of pyridine rings is 1. The first-order valence-corrected chi connectivity index (χ1v) is 12.4. The molecule has 0 bridgehead atoms. The Bertz CT molecular complexity index is 1590. The summed E-state index contributed by atoms with van der Waals surface area (Å²) in [5.74, 6) is -0.384. The van der Waals surface area contributed by atoms with E-state index in [-0.39, 0.29) is 29.7 Å². The predicted molar refractivity (Wildman–Crippen MR) is 148 cm³/mol. The van der Waals surface area contributed by atoms with E-state index in [1.54, 1.807) is 12.1 Å². The van der Waals surface area contributed by atoms with E-state index in [4.69, 9.17) is 5.41 Å². The lowest BCUT2D eigenvalue weighted by atomic mass is 9.96. The van der Waals surface area contributed by atoms with Crippen molar-refractivity contribution in [3.8, 4) is 11.1 Å². The molecule has 0 atom stereocenters. The molecule has 2 aromatic carbocycles. The molecule has 0 radical (unpaired) electrons. The second kappa shape index (κ2) is 10.7. The van der Waals surface area contributed by atoms with Gasteiger partial charge in [0, 0.05) is 41.3 Å². The molecule has 0 aliphatic carbocycles. The zero-order valence-corrected chi connectivity index (χ0v) is 21.5. The fourth-order valence-electron chi connectivity index (χ4n) is 4.54. The van der Waals surface area contributed by atoms with Gasteiger partial charge in [0.15, 0.2) is 0 Å². The number of aromatic amines is 3. The van der Waals surface area contributed by atoms with Crippen LogP contribution in [0.5, 0.6) is 0 Å². The number of hydrogen-bond acceptors (Lipinski definition) is 5. The molecular weight excluding hydrogens is 468 g/mol. The SMILES string of the molecule is CCCc1cc(C)[nH]c(=O)c1CNC(=O)c1cc(-c2ccc3[nH]c(=O)[nH]c3c2)cc(NC(C)C)c1C=N. The Labute approximate surface area is 214 Å². The van der Waals surface area contributed by atoms with Gasteiger partial charge in [-0.15, -0.1) is 0 Å². The van der Waals surface area contributed by atoms with E-state index >= 15 is 0 Å². The van der Waals surface area contributed by atoms with Gasteiger partial charge in [0.25, 0.3) is 11.5 Å². The Morgan fingerprint density at radius 2 is 1.78 bits per heavy atom. The topological polar surface area (TPSA) is 146 Å². The second-order valence-electron chi connectivity index (χ2n) is 9.49. The summed E-state index contributed by atoms with van der Waals surface area (Å²) in [6.45, 7) is 7.93. The highest BCUT2D eigenvalue weighted by molar-refractivity contribution is 6.06. The Morgan fingerprint density at radius 1 is 1.03 bits per heavy atom. The summed E-state index contributed by atoms with van der Waals surface area (Å²) in [4.78, 5) is 46.2. The predicted octanol–water partition coefficient (Wildman–Crippen LogP) is 4.22. The van der Waals surface area contributed by atoms with Crippen molar-refractivity contribution in [2.75, 3.05) is 5.32 Å². The minimum atomic E-state index is -0.384. The van der Waals surface area contributed by atoms with Crippen molar-refractivity contribution < 1.29 is 4.79 Å². The third-order valence-electron chi connectivity index (χ3n) is 6.17. The summed E-state index contributed by atoms with van der Waals surface area (Å²) >= 11 is 0. The summed E-state index contributed by atoms with van der Waals surface area (Å²) in [6, 6.07) is 11.2. The number of nitrogens with one attached hydrogen (secondary N) is 6. The molecule has 0 fully saturated rings. The van der Waals surface area contributed by atoms with Crippen molar-refractivity contribution in [3.05, 3.63) is 85.2 Å². The quantitative estimate of drug-likeness (QED) is 0.191. The van der Waals surface area contributed by atoms with E-state index < -0.39 is 0 Å². The van der Waals surface area contributed by atoms with Gasteiger partial charge in [-0.05, 0) is 74.2 Å². The van der Waals surface area contributed by atoms with Gasteiger partial charge < -0.3 is 31.0 Å². The highest BCUT2D eigenvalue weighted by Gasteiger charge is 2.19. The van der Waals surface area contributed by atoms with E-state index in [2.05, 4.69) is 25.6 Å². The zero-order valence-electron chi connectivity index (χ0n) is 21.5. The smallest absolute Gasteiger partial charge is 0.323 e. The summed E-state index contributed by atoms with van der Waals surface area (Å²) in [7, 11) is 0. The van der Waals surface area contributed by atoms with Crippen molar-refractivity contribution in [1.29, 1.82) is 5.41 Å². The van der Waals surface area contributed by atoms with Gasteiger partial charge in [0.2, 0.25) is 0 Å². The van der Waals surface area contributed by atoms with Gasteiger partial charge >= 0.3 is 5.69 Å². The molecule has 6 N–H and O–H groups in total. The number of fused-ring (bicyclic) bond motifs is 1. The minimum absolute atomic E-state index is 0.0658. The fourth-order valence-corrected chi connectivity index (χ4v) is 4.54. The maximum atomic E-state index is 13.5. The van der Waals surface area contributed by atoms with Gasteiger partial charge in [-0.25, -0.2) is 4.79 Å². The number of carbonyl (C=O) groups excluding carboxylic acids is 1. The van der Waals surface area contributed by atoms with E-state index in [0.717, 1.165) is 41.4 Å². The lowest BCUT2D eigenvalue weighted by Crippen LogP contribution is -2.29. The van der Waals surface area contributed by atoms with Crippen LogP contribution in [0.1, 0.15) is 59.9 Å². The fraction of sp³-hybridized carbons (Fsp3) is 0.286. The highest BCUT2D eigenvalue weighted by Crippen LogP contribution is 2.30. The van der Waals surface area contributed by atoms with Gasteiger partial charge in [0.1, 0.15) is 0 Å². The van der Waals surface area contributed by atoms with Crippen LogP contribution >= 0.6 is 0 Å². The number of amides is 1. The monoisotopic (exact) mass is 500 g/mol. The Balaban J connectivity index is 1.75. The minimum Gasteiger partial charge on any atom is -0.382 e. The lowest BCUT2D eigenvalue weighted by Gasteiger charge is -2.18. The zero-order chi connectivity index (χ0) is 26.7. The molecule has 0 spiro atoms. The third kappa shape index (κ3) is 5.55. The van der Waals surface area contributed by atoms with Crippen LogP contribution < -0.4 is 21.9 Å². The first-order chi connectivity index (χ1) is 17.7. The number of anilines is 1. The second-order valence-corrected chi connectivity index (χ2v) is 9.49. The van der Waals surface area contributed by atoms with Gasteiger partial charge in [-0.3, -0.25) is 9.59 Å². The molecule has 9 nitrogen and oxygen atoms in total. The van der Waals surface area contributed by atoms with Crippen LogP contribution in [0.25, 0.3) is 22.2 Å². The number of hydrogen-bond donors (Lipinski definition) is 6. The van der Waals surface area contributed by atoms with E-state index in [1.807, 2.05) is 52.0 Å². The molecule has 2 aromatic heterocycles. The van der Waals surface area contributed by atoms with Crippen molar-refractivity contribution >= 4 is 28.8 Å². The highest BCUT2D eigenvalue weighted by atomic mass is 16.2. The van der Waals surface area contributed by atoms with E-state index in [1.165, 1.54) is 0 Å². The molecule has 0 unspecified atom stereocenters. The number of benzene rings is 2. The molecule has 0 aliphatic heterocycles. The maximum absolute atomic E-state index is 13.5. The summed E-state index contributed by atoms with van der Waals surface area (Å²) in [5.41, 5.74) is 6.07. The van der Waals surface area contributed by atoms with Gasteiger partial charge in [0.05, 0.1) is 16.6 Å². The van der Waals surface area contributed by atoms with Crippen LogP contribution in [0.2, 0.25) is 0 Å². The standard InChI is InChI=1S/C28H32N6O3/c1-5-6-18-9-16(4)32-27(36)22(18)14-30-26(35)20-10-19(12-24(21(20)13-29)31-15(2)3)17-7-8-23-25(11-17)34-28(37)33-23/h7-13,15,29,31H,5-6,14H2,1-4H3,(H,30,35)(H,32,36)(H2,33,34,37). The van der Waals surface area contributed by atoms with E-state index in [9.17, 15) is 14.4 Å². The average molecular weight is 501 g/mol. The van der Waals surface area contributed by atoms with Crippen molar-refractivity contribution in [2.24, 2.45) is 0 Å². The Hall–Kier alpha value is -4.40. The first-order valence-electron chi connectivity index (χ1n) is 12.4. The summed E-state index contributed by atoms with van der Waals surface area (Å²) in [6.07, 6.45) is 2.78. The van der Waals surface area contributed by atoms with Crippen molar-refractivity contribution in [3.63, 3.8) is 0 Å². The number of carbonyl (C=O) groups is 1. The molecule has 0 aliphatic rings. The molecule has 2 heterocycles. The van der Waals surface area contributed by atoms with Crippen LogP contribution in [0, 0.1) is 12.3 Å². The third-order valence-corrected chi connectivity index (χ3v) is 6.17. The van der Waals surface area contributed by atoms with Crippen LogP contribution in [-0.2, 0) is 13.0 Å². The number of imidazole rings is 1. The number of H-pyrrole nitrogens is 3. The van der Waals surface area contributed by atoms with Crippen molar-refractivity contribution in [2.45, 2.75) is 53.1 Å². The molecule has 4 aromatic rings. The largest absolute Gasteiger partial charge is 0.382 e. The van der Waals surface area contributed by atoms with Gasteiger partial charge in [-0.1, -0.05) is 19.4 Å². The normalized spacial score (nSPS) is 11.2. The molecule has 0 saturated carbocycles. The lowest BCUT2D eigenvalue weighted by molar-refractivity contribution is 0.0950. The average Bonchev–Trinajstić information content (AvgIpc) is 3.21. The first kappa shape index (κ1) is 25.7. The molecular formula is C28H32N6O3. The van der Waals surface area contributed by atoms with E-state index in [0.29, 0.717) is 33.4 Å². The molecule has 1 amide bonds. The molecule has 9 heteroatoms. The number of aromatic nitrogens is 3.